The van der Waals surface area contributed by atoms with Crippen molar-refractivity contribution in [2.24, 2.45) is 17.6 Å². The Morgan fingerprint density at radius 3 is 2.80 bits per heavy atom. The highest BCUT2D eigenvalue weighted by atomic mass is 16.5. The van der Waals surface area contributed by atoms with E-state index in [1.54, 1.807) is 18.3 Å². The summed E-state index contributed by atoms with van der Waals surface area (Å²) in [5, 5.41) is 20.1. The molecular weight excluding hydrogens is 320 g/mol. The zero-order chi connectivity index (χ0) is 18.4. The van der Waals surface area contributed by atoms with Crippen LogP contribution in [-0.4, -0.2) is 39.4 Å². The molecule has 0 saturated heterocycles. The number of pyridine rings is 1. The molecule has 2 atom stereocenters. The molecule has 0 radical (unpaired) electrons. The number of hydrogen-bond donors (Lipinski definition) is 3. The number of nitrogens with zero attached hydrogens (tertiary/aromatic N) is 1. The molecule has 0 aromatic carbocycles. The minimum atomic E-state index is -2.04. The monoisotopic (exact) mass is 350 g/mol. The van der Waals surface area contributed by atoms with Gasteiger partial charge in [0.2, 0.25) is 0 Å². The number of carboxylic acids is 1. The van der Waals surface area contributed by atoms with Crippen molar-refractivity contribution in [2.75, 3.05) is 6.61 Å². The summed E-state index contributed by atoms with van der Waals surface area (Å²) in [6, 6.07) is 2.57. The third kappa shape index (κ3) is 5.97. The van der Waals surface area contributed by atoms with Gasteiger partial charge in [0.15, 0.2) is 5.60 Å². The molecular formula is C19H30N2O4. The molecule has 1 saturated carbocycles. The van der Waals surface area contributed by atoms with E-state index >= 15 is 0 Å². The van der Waals surface area contributed by atoms with Crippen molar-refractivity contribution >= 4 is 5.97 Å². The van der Waals surface area contributed by atoms with Crippen LogP contribution >= 0.6 is 0 Å². The standard InChI is InChI=1S/C19H30N2O4/c1-13(2)10-17(20)19(24,18(22)23)12-15-11-16(7-8-21-15)25-9-3-4-14-5-6-14/h7-8,11,13-14,17,24H,3-6,9-10,12,20H2,1-2H3,(H,22,23). The fourth-order valence-corrected chi connectivity index (χ4v) is 2.96. The lowest BCUT2D eigenvalue weighted by Gasteiger charge is -2.30. The van der Waals surface area contributed by atoms with Crippen molar-refractivity contribution in [3.63, 3.8) is 0 Å². The van der Waals surface area contributed by atoms with Crippen LogP contribution in [0, 0.1) is 11.8 Å². The van der Waals surface area contributed by atoms with Crippen LogP contribution in [0.1, 0.15) is 51.6 Å². The Balaban J connectivity index is 1.97. The molecule has 4 N–H and O–H groups in total. The van der Waals surface area contributed by atoms with Crippen LogP contribution in [-0.2, 0) is 11.2 Å². The summed E-state index contributed by atoms with van der Waals surface area (Å²) in [6.45, 7) is 4.52. The molecule has 2 unspecified atom stereocenters. The Kier molecular flexibility index (Phi) is 6.79. The van der Waals surface area contributed by atoms with Gasteiger partial charge in [-0.05, 0) is 37.2 Å². The van der Waals surface area contributed by atoms with Crippen LogP contribution in [0.3, 0.4) is 0 Å². The predicted molar refractivity (Wildman–Crippen MR) is 95.4 cm³/mol. The lowest BCUT2D eigenvalue weighted by Crippen LogP contribution is -2.56. The van der Waals surface area contributed by atoms with Crippen molar-refractivity contribution in [1.29, 1.82) is 0 Å². The number of nitrogens with two attached hydrogens (primary N) is 1. The van der Waals surface area contributed by atoms with Crippen molar-refractivity contribution in [3.8, 4) is 5.75 Å². The number of rotatable bonds is 11. The normalized spacial score (nSPS) is 18.0. The molecule has 1 heterocycles. The van der Waals surface area contributed by atoms with Crippen LogP contribution in [0.5, 0.6) is 5.75 Å². The van der Waals surface area contributed by atoms with E-state index in [2.05, 4.69) is 4.98 Å². The van der Waals surface area contributed by atoms with Crippen molar-refractivity contribution in [2.45, 2.75) is 64.0 Å². The van der Waals surface area contributed by atoms with Gasteiger partial charge >= 0.3 is 5.97 Å². The molecule has 0 bridgehead atoms. The SMILES string of the molecule is CC(C)CC(N)C(O)(Cc1cc(OCCCC2CC2)ccn1)C(=O)O. The van der Waals surface area contributed by atoms with Gasteiger partial charge in [0, 0.05) is 30.4 Å². The van der Waals surface area contributed by atoms with Gasteiger partial charge in [0.1, 0.15) is 5.75 Å². The predicted octanol–water partition coefficient (Wildman–Crippen LogP) is 2.38. The minimum Gasteiger partial charge on any atom is -0.493 e. The Hall–Kier alpha value is -1.66. The number of ether oxygens (including phenoxy) is 1. The highest BCUT2D eigenvalue weighted by Crippen LogP contribution is 2.33. The Morgan fingerprint density at radius 2 is 2.20 bits per heavy atom. The highest BCUT2D eigenvalue weighted by Gasteiger charge is 2.43. The fourth-order valence-electron chi connectivity index (χ4n) is 2.96. The van der Waals surface area contributed by atoms with Crippen molar-refractivity contribution in [1.82, 2.24) is 4.98 Å². The molecule has 1 fully saturated rings. The molecule has 2 rings (SSSR count). The van der Waals surface area contributed by atoms with E-state index in [0.29, 0.717) is 24.5 Å². The van der Waals surface area contributed by atoms with E-state index in [0.717, 1.165) is 12.3 Å². The molecule has 0 aliphatic heterocycles. The summed E-state index contributed by atoms with van der Waals surface area (Å²) in [4.78, 5) is 15.8. The van der Waals surface area contributed by atoms with Crippen LogP contribution in [0.15, 0.2) is 18.3 Å². The quantitative estimate of drug-likeness (QED) is 0.529. The summed E-state index contributed by atoms with van der Waals surface area (Å²) in [5.41, 5.74) is 4.40. The van der Waals surface area contributed by atoms with E-state index in [9.17, 15) is 15.0 Å². The number of carboxylic acid groups (broad SMARTS) is 1. The number of hydrogen-bond acceptors (Lipinski definition) is 5. The summed E-state index contributed by atoms with van der Waals surface area (Å²) in [7, 11) is 0. The van der Waals surface area contributed by atoms with Gasteiger partial charge in [-0.1, -0.05) is 26.7 Å². The van der Waals surface area contributed by atoms with Gasteiger partial charge in [0.05, 0.1) is 6.61 Å². The smallest absolute Gasteiger partial charge is 0.337 e. The van der Waals surface area contributed by atoms with Gasteiger partial charge in [-0.25, -0.2) is 4.79 Å². The number of aliphatic carboxylic acids is 1. The zero-order valence-corrected chi connectivity index (χ0v) is 15.1. The molecule has 6 heteroatoms. The Labute approximate surface area is 149 Å². The molecule has 1 aromatic heterocycles. The largest absolute Gasteiger partial charge is 0.493 e. The summed E-state index contributed by atoms with van der Waals surface area (Å²) in [6.07, 6.45) is 6.73. The number of aromatic nitrogens is 1. The zero-order valence-electron chi connectivity index (χ0n) is 15.1. The van der Waals surface area contributed by atoms with Crippen LogP contribution < -0.4 is 10.5 Å². The van der Waals surface area contributed by atoms with Gasteiger partial charge in [-0.15, -0.1) is 0 Å². The van der Waals surface area contributed by atoms with Crippen LogP contribution in [0.4, 0.5) is 0 Å². The first kappa shape index (κ1) is 19.7. The first-order chi connectivity index (χ1) is 11.8. The molecule has 1 aliphatic carbocycles. The summed E-state index contributed by atoms with van der Waals surface area (Å²) >= 11 is 0. The molecule has 0 spiro atoms. The second kappa shape index (κ2) is 8.63. The topological polar surface area (TPSA) is 106 Å². The van der Waals surface area contributed by atoms with Crippen molar-refractivity contribution in [3.05, 3.63) is 24.0 Å². The molecule has 6 nitrogen and oxygen atoms in total. The van der Waals surface area contributed by atoms with Crippen molar-refractivity contribution < 1.29 is 19.7 Å². The van der Waals surface area contributed by atoms with Crippen LogP contribution in [0.2, 0.25) is 0 Å². The third-order valence-corrected chi connectivity index (χ3v) is 4.67. The van der Waals surface area contributed by atoms with E-state index in [4.69, 9.17) is 10.5 Å². The average Bonchev–Trinajstić information content (AvgIpc) is 3.35. The summed E-state index contributed by atoms with van der Waals surface area (Å²) < 4.78 is 5.72. The third-order valence-electron chi connectivity index (χ3n) is 4.67. The minimum absolute atomic E-state index is 0.143. The van der Waals surface area contributed by atoms with E-state index < -0.39 is 17.6 Å². The van der Waals surface area contributed by atoms with Gasteiger partial charge in [0.25, 0.3) is 0 Å². The van der Waals surface area contributed by atoms with E-state index in [-0.39, 0.29) is 12.3 Å². The highest BCUT2D eigenvalue weighted by molar-refractivity contribution is 5.78. The van der Waals surface area contributed by atoms with Gasteiger partial charge in [-0.2, -0.15) is 0 Å². The number of aliphatic hydroxyl groups is 1. The van der Waals surface area contributed by atoms with E-state index in [1.165, 1.54) is 19.3 Å². The molecule has 1 aliphatic rings. The maximum absolute atomic E-state index is 11.6. The van der Waals surface area contributed by atoms with Gasteiger partial charge in [-0.3, -0.25) is 4.98 Å². The Bertz CT molecular complexity index is 574. The second-order valence-electron chi connectivity index (χ2n) is 7.56. The fraction of sp³-hybridized carbons (Fsp3) is 0.684. The first-order valence-electron chi connectivity index (χ1n) is 9.10. The molecule has 1 aromatic rings. The first-order valence-corrected chi connectivity index (χ1v) is 9.10. The maximum atomic E-state index is 11.6. The lowest BCUT2D eigenvalue weighted by atomic mass is 9.84. The molecule has 0 amide bonds. The Morgan fingerprint density at radius 1 is 1.48 bits per heavy atom. The summed E-state index contributed by atoms with van der Waals surface area (Å²) in [5.74, 6) is 0.392. The van der Waals surface area contributed by atoms with Gasteiger partial charge < -0.3 is 20.7 Å². The van der Waals surface area contributed by atoms with Crippen LogP contribution in [0.25, 0.3) is 0 Å². The average molecular weight is 350 g/mol. The van der Waals surface area contributed by atoms with E-state index in [1.807, 2.05) is 13.8 Å². The lowest BCUT2D eigenvalue weighted by molar-refractivity contribution is -0.161. The second-order valence-corrected chi connectivity index (χ2v) is 7.56. The maximum Gasteiger partial charge on any atom is 0.337 e. The molecule has 140 valence electrons. The molecule has 25 heavy (non-hydrogen) atoms. The number of carbonyl (C=O) groups is 1.